The van der Waals surface area contributed by atoms with Crippen molar-refractivity contribution >= 4 is 23.4 Å². The Kier molecular flexibility index (Phi) is 4.45. The van der Waals surface area contributed by atoms with E-state index in [1.807, 2.05) is 5.32 Å². The number of carbonyl (C=O) groups excluding carboxylic acids is 3. The summed E-state index contributed by atoms with van der Waals surface area (Å²) < 4.78 is 53.2. The molecule has 0 saturated heterocycles. The van der Waals surface area contributed by atoms with Gasteiger partial charge in [-0.05, 0) is 24.3 Å². The second kappa shape index (κ2) is 6.58. The molecule has 3 rings (SSSR count). The predicted octanol–water partition coefficient (Wildman–Crippen LogP) is 2.87. The van der Waals surface area contributed by atoms with Crippen molar-refractivity contribution in [3.05, 3.63) is 64.7 Å². The molecule has 134 valence electrons. The molecule has 0 aliphatic carbocycles. The monoisotopic (exact) mass is 366 g/mol. The minimum absolute atomic E-state index is 0.109. The van der Waals surface area contributed by atoms with Crippen LogP contribution < -0.4 is 5.32 Å². The summed E-state index contributed by atoms with van der Waals surface area (Å²) in [5.41, 5.74) is -1.06. The summed E-state index contributed by atoms with van der Waals surface area (Å²) >= 11 is 0. The largest absolute Gasteiger partial charge is 0.323 e. The van der Waals surface area contributed by atoms with E-state index in [0.29, 0.717) is 11.0 Å². The van der Waals surface area contributed by atoms with E-state index in [1.165, 1.54) is 12.1 Å². The SMILES string of the molecule is O=C(CCN1C(=O)c2cccc(F)c2C1=O)Nc1ccc(F)c(F)c1F. The molecule has 3 amide bonds. The Morgan fingerprint density at radius 1 is 0.923 bits per heavy atom. The van der Waals surface area contributed by atoms with Crippen LogP contribution >= 0.6 is 0 Å². The van der Waals surface area contributed by atoms with Crippen LogP contribution in [0.2, 0.25) is 0 Å². The number of rotatable bonds is 4. The highest BCUT2D eigenvalue weighted by Crippen LogP contribution is 2.25. The number of hydrogen-bond acceptors (Lipinski definition) is 3. The van der Waals surface area contributed by atoms with Gasteiger partial charge in [-0.2, -0.15) is 0 Å². The zero-order valence-corrected chi connectivity index (χ0v) is 13.0. The molecule has 1 N–H and O–H groups in total. The third-order valence-corrected chi connectivity index (χ3v) is 3.82. The van der Waals surface area contributed by atoms with E-state index in [1.54, 1.807) is 0 Å². The van der Waals surface area contributed by atoms with Gasteiger partial charge >= 0.3 is 0 Å². The number of fused-ring (bicyclic) bond motifs is 1. The summed E-state index contributed by atoms with van der Waals surface area (Å²) in [7, 11) is 0. The summed E-state index contributed by atoms with van der Waals surface area (Å²) in [6, 6.07) is 5.08. The molecule has 9 heteroatoms. The smallest absolute Gasteiger partial charge is 0.264 e. The Bertz CT molecular complexity index is 946. The molecule has 5 nitrogen and oxygen atoms in total. The normalized spacial score (nSPS) is 13.2. The van der Waals surface area contributed by atoms with Crippen LogP contribution in [0, 0.1) is 23.3 Å². The summed E-state index contributed by atoms with van der Waals surface area (Å²) in [5, 5.41) is 2.02. The average Bonchev–Trinajstić information content (AvgIpc) is 2.85. The lowest BCUT2D eigenvalue weighted by Crippen LogP contribution is -2.33. The van der Waals surface area contributed by atoms with Crippen molar-refractivity contribution in [2.24, 2.45) is 0 Å². The number of nitrogens with zero attached hydrogens (tertiary/aromatic N) is 1. The van der Waals surface area contributed by atoms with E-state index in [-0.39, 0.29) is 17.7 Å². The van der Waals surface area contributed by atoms with Crippen molar-refractivity contribution in [1.29, 1.82) is 0 Å². The van der Waals surface area contributed by atoms with Gasteiger partial charge in [0.05, 0.1) is 16.8 Å². The number of imide groups is 1. The molecule has 0 saturated carbocycles. The highest BCUT2D eigenvalue weighted by molar-refractivity contribution is 6.21. The molecule has 0 radical (unpaired) electrons. The molecule has 0 unspecified atom stereocenters. The zero-order chi connectivity index (χ0) is 19.0. The van der Waals surface area contributed by atoms with E-state index in [4.69, 9.17) is 0 Å². The Hall–Kier alpha value is -3.23. The van der Waals surface area contributed by atoms with Gasteiger partial charge in [-0.1, -0.05) is 6.07 Å². The molecule has 1 aliphatic rings. The first-order valence-electron chi connectivity index (χ1n) is 7.39. The molecule has 1 heterocycles. The van der Waals surface area contributed by atoms with E-state index < -0.39 is 53.1 Å². The van der Waals surface area contributed by atoms with Crippen LogP contribution in [-0.4, -0.2) is 29.2 Å². The van der Waals surface area contributed by atoms with Crippen LogP contribution in [0.4, 0.5) is 23.2 Å². The summed E-state index contributed by atoms with van der Waals surface area (Å²) in [5.74, 6) is -8.04. The second-order valence-corrected chi connectivity index (χ2v) is 5.45. The third-order valence-electron chi connectivity index (χ3n) is 3.82. The van der Waals surface area contributed by atoms with Gasteiger partial charge in [0.1, 0.15) is 5.82 Å². The van der Waals surface area contributed by atoms with E-state index in [0.717, 1.165) is 12.1 Å². The highest BCUT2D eigenvalue weighted by Gasteiger charge is 2.37. The van der Waals surface area contributed by atoms with Crippen molar-refractivity contribution < 1.29 is 31.9 Å². The van der Waals surface area contributed by atoms with Gasteiger partial charge in [-0.3, -0.25) is 19.3 Å². The fraction of sp³-hybridized carbons (Fsp3) is 0.118. The fourth-order valence-corrected chi connectivity index (χ4v) is 2.54. The Morgan fingerprint density at radius 3 is 2.35 bits per heavy atom. The molecule has 0 fully saturated rings. The highest BCUT2D eigenvalue weighted by atomic mass is 19.2. The molecule has 1 aliphatic heterocycles. The van der Waals surface area contributed by atoms with Gasteiger partial charge in [-0.25, -0.2) is 17.6 Å². The van der Waals surface area contributed by atoms with Gasteiger partial charge in [0, 0.05) is 13.0 Å². The van der Waals surface area contributed by atoms with Crippen LogP contribution in [0.5, 0.6) is 0 Å². The molecular weight excluding hydrogens is 356 g/mol. The molecule has 2 aromatic rings. The first-order chi connectivity index (χ1) is 12.3. The number of anilines is 1. The Balaban J connectivity index is 1.68. The molecule has 26 heavy (non-hydrogen) atoms. The molecule has 2 aromatic carbocycles. The quantitative estimate of drug-likeness (QED) is 0.514. The maximum absolute atomic E-state index is 13.7. The first-order valence-corrected chi connectivity index (χ1v) is 7.39. The summed E-state index contributed by atoms with van der Waals surface area (Å²) in [6.45, 7) is -0.386. The molecule has 0 spiro atoms. The van der Waals surface area contributed by atoms with Gasteiger partial charge in [-0.15, -0.1) is 0 Å². The first kappa shape index (κ1) is 17.6. The summed E-state index contributed by atoms with van der Waals surface area (Å²) in [6.07, 6.45) is -0.439. The van der Waals surface area contributed by atoms with Crippen LogP contribution in [0.3, 0.4) is 0 Å². The Labute approximate surface area is 144 Å². The van der Waals surface area contributed by atoms with Crippen molar-refractivity contribution in [3.63, 3.8) is 0 Å². The number of amides is 3. The average molecular weight is 366 g/mol. The van der Waals surface area contributed by atoms with E-state index in [9.17, 15) is 31.9 Å². The van der Waals surface area contributed by atoms with Crippen LogP contribution in [-0.2, 0) is 4.79 Å². The zero-order valence-electron chi connectivity index (χ0n) is 13.0. The van der Waals surface area contributed by atoms with Gasteiger partial charge < -0.3 is 5.32 Å². The van der Waals surface area contributed by atoms with Crippen molar-refractivity contribution in [2.75, 3.05) is 11.9 Å². The van der Waals surface area contributed by atoms with Crippen LogP contribution in [0.25, 0.3) is 0 Å². The van der Waals surface area contributed by atoms with E-state index in [2.05, 4.69) is 0 Å². The van der Waals surface area contributed by atoms with Gasteiger partial charge in [0.25, 0.3) is 11.8 Å². The fourth-order valence-electron chi connectivity index (χ4n) is 2.54. The standard InChI is InChI=1S/C17H10F4N2O3/c18-9-3-1-2-8-13(9)17(26)23(16(8)25)7-6-12(24)22-11-5-4-10(19)14(20)15(11)21/h1-5H,6-7H2,(H,22,24). The molecule has 0 bridgehead atoms. The maximum Gasteiger partial charge on any atom is 0.264 e. The van der Waals surface area contributed by atoms with Crippen molar-refractivity contribution in [1.82, 2.24) is 4.90 Å². The molecule has 0 aromatic heterocycles. The van der Waals surface area contributed by atoms with Crippen LogP contribution in [0.15, 0.2) is 30.3 Å². The summed E-state index contributed by atoms with van der Waals surface area (Å²) in [4.78, 5) is 36.8. The van der Waals surface area contributed by atoms with Crippen molar-refractivity contribution in [3.8, 4) is 0 Å². The van der Waals surface area contributed by atoms with Gasteiger partial charge in [0.15, 0.2) is 17.5 Å². The lowest BCUT2D eigenvalue weighted by Gasteiger charge is -2.13. The minimum Gasteiger partial charge on any atom is -0.323 e. The lowest BCUT2D eigenvalue weighted by molar-refractivity contribution is -0.116. The number of halogens is 4. The number of nitrogens with one attached hydrogen (secondary N) is 1. The Morgan fingerprint density at radius 2 is 1.65 bits per heavy atom. The van der Waals surface area contributed by atoms with Gasteiger partial charge in [0.2, 0.25) is 5.91 Å². The third kappa shape index (κ3) is 2.92. The maximum atomic E-state index is 13.7. The van der Waals surface area contributed by atoms with Crippen LogP contribution in [0.1, 0.15) is 27.1 Å². The molecule has 0 atom stereocenters. The second-order valence-electron chi connectivity index (χ2n) is 5.45. The number of benzene rings is 2. The van der Waals surface area contributed by atoms with E-state index >= 15 is 0 Å². The number of carbonyl (C=O) groups is 3. The topological polar surface area (TPSA) is 66.5 Å². The predicted molar refractivity (Wildman–Crippen MR) is 81.3 cm³/mol. The lowest BCUT2D eigenvalue weighted by atomic mass is 10.1. The molecular formula is C17H10F4N2O3. The minimum atomic E-state index is -1.74. The number of hydrogen-bond donors (Lipinski definition) is 1. The van der Waals surface area contributed by atoms with Crippen molar-refractivity contribution in [2.45, 2.75) is 6.42 Å².